The number of aromatic amines is 1. The quantitative estimate of drug-likeness (QED) is 0.558. The molecule has 1 fully saturated rings. The Balaban J connectivity index is 1.53. The highest BCUT2D eigenvalue weighted by molar-refractivity contribution is 5.89. The van der Waals surface area contributed by atoms with Crippen molar-refractivity contribution >= 4 is 11.8 Å². The van der Waals surface area contributed by atoms with Crippen LogP contribution < -0.4 is 11.0 Å². The average molecular weight is 463 g/mol. The van der Waals surface area contributed by atoms with Gasteiger partial charge in [-0.25, -0.2) is 9.48 Å². The van der Waals surface area contributed by atoms with E-state index < -0.39 is 12.1 Å². The fourth-order valence-electron chi connectivity index (χ4n) is 4.26. The molecular formula is C25H30N6O3. The van der Waals surface area contributed by atoms with E-state index in [0.717, 1.165) is 27.9 Å². The molecule has 4 rings (SSSR count). The van der Waals surface area contributed by atoms with Crippen LogP contribution in [-0.2, 0) is 23.1 Å². The predicted octanol–water partition coefficient (Wildman–Crippen LogP) is 2.07. The van der Waals surface area contributed by atoms with Crippen LogP contribution in [0.3, 0.4) is 0 Å². The minimum atomic E-state index is -0.580. The zero-order chi connectivity index (χ0) is 24.2. The first kappa shape index (κ1) is 23.4. The molecule has 0 spiro atoms. The second-order valence-corrected chi connectivity index (χ2v) is 8.95. The van der Waals surface area contributed by atoms with Crippen LogP contribution in [0.15, 0.2) is 53.5 Å². The number of aromatic nitrogens is 4. The summed E-state index contributed by atoms with van der Waals surface area (Å²) in [6.07, 6.45) is 3.11. The molecule has 0 aliphatic carbocycles. The molecule has 0 bridgehead atoms. The lowest BCUT2D eigenvalue weighted by Crippen LogP contribution is -2.47. The number of hydrogen-bond acceptors (Lipinski definition) is 5. The lowest BCUT2D eigenvalue weighted by molar-refractivity contribution is -0.138. The van der Waals surface area contributed by atoms with E-state index in [0.29, 0.717) is 24.7 Å². The van der Waals surface area contributed by atoms with E-state index in [9.17, 15) is 14.4 Å². The van der Waals surface area contributed by atoms with E-state index >= 15 is 0 Å². The van der Waals surface area contributed by atoms with E-state index in [1.54, 1.807) is 4.90 Å². The number of likely N-dealkylation sites (tertiary alicyclic amines) is 1. The molecule has 2 N–H and O–H groups in total. The third-order valence-electron chi connectivity index (χ3n) is 6.20. The van der Waals surface area contributed by atoms with Gasteiger partial charge in [-0.05, 0) is 36.0 Å². The van der Waals surface area contributed by atoms with Gasteiger partial charge in [0.15, 0.2) is 0 Å². The maximum Gasteiger partial charge on any atom is 0.343 e. The maximum absolute atomic E-state index is 13.4. The third-order valence-corrected chi connectivity index (χ3v) is 6.20. The molecule has 1 saturated heterocycles. The largest absolute Gasteiger partial charge is 0.343 e. The molecule has 3 heterocycles. The summed E-state index contributed by atoms with van der Waals surface area (Å²) in [5.74, 6) is 0.199. The summed E-state index contributed by atoms with van der Waals surface area (Å²) < 4.78 is 1.15. The molecule has 1 aromatic carbocycles. The SMILES string of the molecule is CC(C)c1ccc([C@@H](NC(=O)[C@@H]2CCCN2C(=O)Cc2nn(C)c(=O)[nH]2)c2ccccc2)nc1. The molecule has 3 aromatic rings. The molecule has 34 heavy (non-hydrogen) atoms. The lowest BCUT2D eigenvalue weighted by atomic mass is 10.00. The molecule has 0 radical (unpaired) electrons. The van der Waals surface area contributed by atoms with Crippen molar-refractivity contribution in [1.29, 1.82) is 0 Å². The van der Waals surface area contributed by atoms with Gasteiger partial charge in [-0.2, -0.15) is 5.10 Å². The molecule has 2 atom stereocenters. The Morgan fingerprint density at radius 1 is 1.15 bits per heavy atom. The van der Waals surface area contributed by atoms with Gasteiger partial charge < -0.3 is 10.2 Å². The number of nitrogens with zero attached hydrogens (tertiary/aromatic N) is 4. The molecule has 1 aliphatic heterocycles. The van der Waals surface area contributed by atoms with Crippen molar-refractivity contribution in [3.8, 4) is 0 Å². The van der Waals surface area contributed by atoms with Crippen molar-refractivity contribution in [2.75, 3.05) is 6.54 Å². The van der Waals surface area contributed by atoms with Gasteiger partial charge in [0.1, 0.15) is 11.9 Å². The Labute approximate surface area is 198 Å². The Kier molecular flexibility index (Phi) is 6.90. The first-order valence-electron chi connectivity index (χ1n) is 11.6. The molecule has 178 valence electrons. The number of aryl methyl sites for hydroxylation is 1. The number of carbonyl (C=O) groups is 2. The highest BCUT2D eigenvalue weighted by Gasteiger charge is 2.35. The fourth-order valence-corrected chi connectivity index (χ4v) is 4.26. The molecular weight excluding hydrogens is 432 g/mol. The maximum atomic E-state index is 13.4. The minimum Gasteiger partial charge on any atom is -0.342 e. The molecule has 9 heteroatoms. The van der Waals surface area contributed by atoms with Crippen LogP contribution >= 0.6 is 0 Å². The number of rotatable bonds is 7. The number of carbonyl (C=O) groups excluding carboxylic acids is 2. The highest BCUT2D eigenvalue weighted by atomic mass is 16.2. The van der Waals surface area contributed by atoms with Gasteiger partial charge >= 0.3 is 5.69 Å². The first-order valence-corrected chi connectivity index (χ1v) is 11.6. The summed E-state index contributed by atoms with van der Waals surface area (Å²) in [5, 5.41) is 7.16. The summed E-state index contributed by atoms with van der Waals surface area (Å²) in [5.41, 5.74) is 2.41. The van der Waals surface area contributed by atoms with E-state index in [1.165, 1.54) is 7.05 Å². The normalized spacial score (nSPS) is 16.6. The summed E-state index contributed by atoms with van der Waals surface area (Å²) in [6, 6.07) is 12.7. The Hall–Kier alpha value is -3.75. The second kappa shape index (κ2) is 10.0. The van der Waals surface area contributed by atoms with E-state index in [-0.39, 0.29) is 23.9 Å². The fraction of sp³-hybridized carbons (Fsp3) is 0.400. The summed E-state index contributed by atoms with van der Waals surface area (Å²) in [4.78, 5) is 46.7. The van der Waals surface area contributed by atoms with Crippen molar-refractivity contribution in [3.63, 3.8) is 0 Å². The Morgan fingerprint density at radius 2 is 1.91 bits per heavy atom. The summed E-state index contributed by atoms with van der Waals surface area (Å²) in [6.45, 7) is 4.71. The van der Waals surface area contributed by atoms with Crippen molar-refractivity contribution < 1.29 is 9.59 Å². The molecule has 1 aliphatic rings. The molecule has 9 nitrogen and oxygen atoms in total. The molecule has 0 saturated carbocycles. The minimum absolute atomic E-state index is 0.0554. The highest BCUT2D eigenvalue weighted by Crippen LogP contribution is 2.25. The zero-order valence-electron chi connectivity index (χ0n) is 19.7. The number of hydrogen-bond donors (Lipinski definition) is 2. The van der Waals surface area contributed by atoms with Crippen LogP contribution in [0.2, 0.25) is 0 Å². The number of amides is 2. The van der Waals surface area contributed by atoms with Gasteiger partial charge in [0.25, 0.3) is 0 Å². The molecule has 2 amide bonds. The van der Waals surface area contributed by atoms with Crippen molar-refractivity contribution in [3.05, 3.63) is 81.8 Å². The average Bonchev–Trinajstić information content (AvgIpc) is 3.44. The topological polar surface area (TPSA) is 113 Å². The Bertz CT molecular complexity index is 1200. The summed E-state index contributed by atoms with van der Waals surface area (Å²) in [7, 11) is 1.52. The van der Waals surface area contributed by atoms with E-state index in [1.807, 2.05) is 48.7 Å². The second-order valence-electron chi connectivity index (χ2n) is 8.95. The third kappa shape index (κ3) is 5.08. The number of benzene rings is 1. The smallest absolute Gasteiger partial charge is 0.342 e. The zero-order valence-corrected chi connectivity index (χ0v) is 19.7. The van der Waals surface area contributed by atoms with E-state index in [4.69, 9.17) is 0 Å². The van der Waals surface area contributed by atoms with Crippen LogP contribution in [0, 0.1) is 0 Å². The first-order chi connectivity index (χ1) is 16.3. The van der Waals surface area contributed by atoms with Gasteiger partial charge in [0.2, 0.25) is 11.8 Å². The predicted molar refractivity (Wildman–Crippen MR) is 127 cm³/mol. The Morgan fingerprint density at radius 3 is 2.53 bits per heavy atom. The van der Waals surface area contributed by atoms with Crippen LogP contribution in [0.1, 0.15) is 61.3 Å². The van der Waals surface area contributed by atoms with E-state index in [2.05, 4.69) is 34.2 Å². The number of pyridine rings is 1. The number of nitrogens with one attached hydrogen (secondary N) is 2. The monoisotopic (exact) mass is 462 g/mol. The van der Waals surface area contributed by atoms with Gasteiger partial charge in [-0.3, -0.25) is 19.6 Å². The standard InChI is InChI=1S/C25H30N6O3/c1-16(2)18-11-12-19(26-15-18)23(17-8-5-4-6-9-17)28-24(33)20-10-7-13-31(20)22(32)14-21-27-25(34)30(3)29-21/h4-6,8-9,11-12,15-16,20,23H,7,10,13-14H2,1-3H3,(H,28,33)(H,27,29,34)/t20-,23-/m0/s1. The van der Waals surface area contributed by atoms with Gasteiger partial charge in [-0.1, -0.05) is 50.2 Å². The lowest BCUT2D eigenvalue weighted by Gasteiger charge is -2.27. The molecule has 0 unspecified atom stereocenters. The van der Waals surface area contributed by atoms with Gasteiger partial charge in [0.05, 0.1) is 18.2 Å². The van der Waals surface area contributed by atoms with Crippen molar-refractivity contribution in [2.24, 2.45) is 7.05 Å². The van der Waals surface area contributed by atoms with Crippen LogP contribution in [0.5, 0.6) is 0 Å². The van der Waals surface area contributed by atoms with Crippen molar-refractivity contribution in [1.82, 2.24) is 30.0 Å². The van der Waals surface area contributed by atoms with Gasteiger partial charge in [0, 0.05) is 19.8 Å². The van der Waals surface area contributed by atoms with Crippen LogP contribution in [0.4, 0.5) is 0 Å². The summed E-state index contributed by atoms with van der Waals surface area (Å²) >= 11 is 0. The van der Waals surface area contributed by atoms with Crippen LogP contribution in [-0.4, -0.2) is 49.0 Å². The number of H-pyrrole nitrogens is 1. The van der Waals surface area contributed by atoms with Crippen LogP contribution in [0.25, 0.3) is 0 Å². The van der Waals surface area contributed by atoms with Gasteiger partial charge in [-0.15, -0.1) is 0 Å². The molecule has 2 aromatic heterocycles. The van der Waals surface area contributed by atoms with Crippen molar-refractivity contribution in [2.45, 2.75) is 51.1 Å².